The number of amides is 1. The van der Waals surface area contributed by atoms with Crippen LogP contribution in [0.4, 0.5) is 0 Å². The Kier molecular flexibility index (Phi) is 8.22. The molecular formula is C14H23NO. The van der Waals surface area contributed by atoms with Crippen LogP contribution in [0.1, 0.15) is 40.0 Å². The highest BCUT2D eigenvalue weighted by atomic mass is 16.2. The molecule has 1 amide bonds. The van der Waals surface area contributed by atoms with Gasteiger partial charge in [-0.1, -0.05) is 37.3 Å². The van der Waals surface area contributed by atoms with E-state index in [0.29, 0.717) is 6.54 Å². The Bertz CT molecular complexity index is 276. The lowest BCUT2D eigenvalue weighted by atomic mass is 10.2. The monoisotopic (exact) mass is 221 g/mol. The summed E-state index contributed by atoms with van der Waals surface area (Å²) in [5.41, 5.74) is 1.21. The van der Waals surface area contributed by atoms with E-state index < -0.39 is 0 Å². The Morgan fingerprint density at radius 2 is 1.94 bits per heavy atom. The molecule has 0 rings (SSSR count). The molecule has 0 spiro atoms. The summed E-state index contributed by atoms with van der Waals surface area (Å²) < 4.78 is 0. The zero-order valence-corrected chi connectivity index (χ0v) is 10.7. The van der Waals surface area contributed by atoms with E-state index in [1.165, 1.54) is 5.57 Å². The second-order valence-electron chi connectivity index (χ2n) is 3.84. The molecule has 0 saturated heterocycles. The molecule has 0 aliphatic heterocycles. The van der Waals surface area contributed by atoms with Gasteiger partial charge in [-0.25, -0.2) is 0 Å². The Morgan fingerprint density at radius 3 is 2.44 bits per heavy atom. The summed E-state index contributed by atoms with van der Waals surface area (Å²) in [6.07, 6.45) is 11.3. The third-order valence-electron chi connectivity index (χ3n) is 2.27. The van der Waals surface area contributed by atoms with Crippen LogP contribution in [0.5, 0.6) is 0 Å². The summed E-state index contributed by atoms with van der Waals surface area (Å²) in [5, 5.41) is 0. The Labute approximate surface area is 99.3 Å². The molecule has 0 N–H and O–H groups in total. The van der Waals surface area contributed by atoms with Crippen LogP contribution < -0.4 is 0 Å². The van der Waals surface area contributed by atoms with Crippen molar-refractivity contribution >= 4 is 5.91 Å². The van der Waals surface area contributed by atoms with E-state index in [1.54, 1.807) is 18.0 Å². The fraction of sp³-hybridized carbons (Fsp3) is 0.500. The second-order valence-corrected chi connectivity index (χ2v) is 3.84. The SMILES string of the molecule is C=CN(C/C(C)=C/CC/C=C\CC)C(C)=O. The quantitative estimate of drug-likeness (QED) is 0.474. The predicted molar refractivity (Wildman–Crippen MR) is 70.0 cm³/mol. The van der Waals surface area contributed by atoms with E-state index in [0.717, 1.165) is 19.3 Å². The highest BCUT2D eigenvalue weighted by Crippen LogP contribution is 2.03. The number of nitrogens with zero attached hydrogens (tertiary/aromatic N) is 1. The summed E-state index contributed by atoms with van der Waals surface area (Å²) in [6.45, 7) is 10.0. The lowest BCUT2D eigenvalue weighted by Crippen LogP contribution is -2.24. The van der Waals surface area contributed by atoms with Crippen molar-refractivity contribution in [1.29, 1.82) is 0 Å². The largest absolute Gasteiger partial charge is 0.316 e. The van der Waals surface area contributed by atoms with Crippen molar-refractivity contribution in [2.75, 3.05) is 6.54 Å². The summed E-state index contributed by atoms with van der Waals surface area (Å²) in [6, 6.07) is 0. The molecule has 16 heavy (non-hydrogen) atoms. The predicted octanol–water partition coefficient (Wildman–Crippen LogP) is 3.67. The van der Waals surface area contributed by atoms with Crippen LogP contribution in [0.15, 0.2) is 36.6 Å². The van der Waals surface area contributed by atoms with Crippen LogP contribution in [0.2, 0.25) is 0 Å². The van der Waals surface area contributed by atoms with Gasteiger partial charge in [0.05, 0.1) is 0 Å². The van der Waals surface area contributed by atoms with Crippen molar-refractivity contribution in [2.45, 2.75) is 40.0 Å². The molecule has 0 heterocycles. The van der Waals surface area contributed by atoms with Crippen LogP contribution >= 0.6 is 0 Å². The molecule has 0 bridgehead atoms. The molecule has 0 radical (unpaired) electrons. The van der Waals surface area contributed by atoms with Gasteiger partial charge in [-0.05, 0) is 32.4 Å². The first-order chi connectivity index (χ1) is 7.61. The van der Waals surface area contributed by atoms with Crippen molar-refractivity contribution in [1.82, 2.24) is 4.90 Å². The molecule has 2 nitrogen and oxygen atoms in total. The van der Waals surface area contributed by atoms with Crippen molar-refractivity contribution in [3.63, 3.8) is 0 Å². The van der Waals surface area contributed by atoms with Crippen LogP contribution in [0.3, 0.4) is 0 Å². The first-order valence-corrected chi connectivity index (χ1v) is 5.82. The van der Waals surface area contributed by atoms with E-state index >= 15 is 0 Å². The molecule has 0 aliphatic carbocycles. The molecule has 0 fully saturated rings. The van der Waals surface area contributed by atoms with E-state index in [1.807, 2.05) is 6.92 Å². The van der Waals surface area contributed by atoms with Gasteiger partial charge in [-0.3, -0.25) is 4.79 Å². The molecular weight excluding hydrogens is 198 g/mol. The van der Waals surface area contributed by atoms with E-state index in [2.05, 4.69) is 31.7 Å². The van der Waals surface area contributed by atoms with Crippen LogP contribution in [-0.4, -0.2) is 17.4 Å². The van der Waals surface area contributed by atoms with Crippen molar-refractivity contribution in [2.24, 2.45) is 0 Å². The Morgan fingerprint density at radius 1 is 1.25 bits per heavy atom. The normalized spacial score (nSPS) is 11.8. The third kappa shape index (κ3) is 7.04. The minimum atomic E-state index is 0.0358. The highest BCUT2D eigenvalue weighted by Gasteiger charge is 2.03. The standard InChI is InChI=1S/C14H23NO/c1-5-7-8-9-10-11-13(3)12-15(6-2)14(4)16/h6-8,11H,2,5,9-10,12H2,1,3-4H3/b8-7-,13-11+. The minimum Gasteiger partial charge on any atom is -0.316 e. The van der Waals surface area contributed by atoms with Gasteiger partial charge in [0.1, 0.15) is 0 Å². The third-order valence-corrected chi connectivity index (χ3v) is 2.27. The molecule has 0 aromatic carbocycles. The van der Waals surface area contributed by atoms with Gasteiger partial charge in [0.15, 0.2) is 0 Å². The highest BCUT2D eigenvalue weighted by molar-refractivity contribution is 5.74. The van der Waals surface area contributed by atoms with E-state index in [4.69, 9.17) is 0 Å². The lowest BCUT2D eigenvalue weighted by Gasteiger charge is -2.15. The van der Waals surface area contributed by atoms with E-state index in [-0.39, 0.29) is 5.91 Å². The summed E-state index contributed by atoms with van der Waals surface area (Å²) in [7, 11) is 0. The maximum Gasteiger partial charge on any atom is 0.223 e. The van der Waals surface area contributed by atoms with Crippen LogP contribution in [-0.2, 0) is 4.79 Å². The number of unbranched alkanes of at least 4 members (excludes halogenated alkanes) is 1. The zero-order valence-electron chi connectivity index (χ0n) is 10.7. The fourth-order valence-electron chi connectivity index (χ4n) is 1.35. The number of hydrogen-bond acceptors (Lipinski definition) is 1. The Hall–Kier alpha value is -1.31. The van der Waals surface area contributed by atoms with Gasteiger partial charge in [0.2, 0.25) is 5.91 Å². The minimum absolute atomic E-state index is 0.0358. The Balaban J connectivity index is 3.98. The summed E-state index contributed by atoms with van der Waals surface area (Å²) in [4.78, 5) is 12.8. The number of hydrogen-bond donors (Lipinski definition) is 0. The molecule has 0 saturated carbocycles. The number of allylic oxidation sites excluding steroid dienone is 3. The molecule has 0 unspecified atom stereocenters. The van der Waals surface area contributed by atoms with Crippen molar-refractivity contribution in [3.8, 4) is 0 Å². The van der Waals surface area contributed by atoms with Gasteiger partial charge < -0.3 is 4.90 Å². The number of carbonyl (C=O) groups is 1. The van der Waals surface area contributed by atoms with Gasteiger partial charge in [0.25, 0.3) is 0 Å². The van der Waals surface area contributed by atoms with Crippen molar-refractivity contribution in [3.05, 3.63) is 36.6 Å². The number of carbonyl (C=O) groups excluding carboxylic acids is 1. The first kappa shape index (κ1) is 14.7. The molecule has 0 atom stereocenters. The zero-order chi connectivity index (χ0) is 12.4. The average molecular weight is 221 g/mol. The van der Waals surface area contributed by atoms with Crippen LogP contribution in [0.25, 0.3) is 0 Å². The molecule has 0 aliphatic rings. The van der Waals surface area contributed by atoms with E-state index in [9.17, 15) is 4.79 Å². The fourth-order valence-corrected chi connectivity index (χ4v) is 1.35. The van der Waals surface area contributed by atoms with Gasteiger partial charge >= 0.3 is 0 Å². The maximum absolute atomic E-state index is 11.1. The topological polar surface area (TPSA) is 20.3 Å². The summed E-state index contributed by atoms with van der Waals surface area (Å²) in [5.74, 6) is 0.0358. The maximum atomic E-state index is 11.1. The molecule has 90 valence electrons. The smallest absolute Gasteiger partial charge is 0.223 e. The lowest BCUT2D eigenvalue weighted by molar-refractivity contribution is -0.125. The first-order valence-electron chi connectivity index (χ1n) is 5.82. The molecule has 2 heteroatoms. The molecule has 0 aromatic heterocycles. The van der Waals surface area contributed by atoms with Crippen molar-refractivity contribution < 1.29 is 4.79 Å². The second kappa shape index (κ2) is 8.96. The van der Waals surface area contributed by atoms with Crippen LogP contribution in [0, 0.1) is 0 Å². The van der Waals surface area contributed by atoms with Gasteiger partial charge in [-0.15, -0.1) is 0 Å². The van der Waals surface area contributed by atoms with Gasteiger partial charge in [0, 0.05) is 13.5 Å². The average Bonchev–Trinajstić information content (AvgIpc) is 2.25. The summed E-state index contributed by atoms with van der Waals surface area (Å²) >= 11 is 0. The number of rotatable bonds is 7. The molecule has 0 aromatic rings. The van der Waals surface area contributed by atoms with Gasteiger partial charge in [-0.2, -0.15) is 0 Å².